The lowest BCUT2D eigenvalue weighted by atomic mass is 10.0. The van der Waals surface area contributed by atoms with Crippen molar-refractivity contribution in [2.24, 2.45) is 0 Å². The topological polar surface area (TPSA) is 107 Å². The van der Waals surface area contributed by atoms with Crippen LogP contribution in [-0.4, -0.2) is 52.7 Å². The van der Waals surface area contributed by atoms with E-state index in [4.69, 9.17) is 32.7 Å². The number of hydrogen-bond donors (Lipinski definition) is 0. The zero-order valence-electron chi connectivity index (χ0n) is 24.2. The van der Waals surface area contributed by atoms with Gasteiger partial charge < -0.3 is 14.4 Å². The van der Waals surface area contributed by atoms with Gasteiger partial charge in [-0.05, 0) is 60.0 Å². The maximum Gasteiger partial charge on any atom is 0.332 e. The van der Waals surface area contributed by atoms with Gasteiger partial charge in [0.05, 0.1) is 33.1 Å². The summed E-state index contributed by atoms with van der Waals surface area (Å²) in [6.45, 7) is -2.28. The molecule has 1 aliphatic heterocycles. The van der Waals surface area contributed by atoms with Gasteiger partial charge in [-0.25, -0.2) is 18.0 Å². The lowest BCUT2D eigenvalue weighted by molar-refractivity contribution is -0.153. The van der Waals surface area contributed by atoms with Crippen molar-refractivity contribution in [2.75, 3.05) is 19.9 Å². The minimum atomic E-state index is -1.41. The SMILES string of the molecule is N#Cc1cc(Cn2c(=O)c3ccc(F)cc3n(C3CCN(C=O)C(OC(CF)CF)C3)c2=O)ccc1OCc1ccc(Cl)c(Cl)c1. The molecule has 2 atom stereocenters. The highest BCUT2D eigenvalue weighted by Gasteiger charge is 2.33. The number of ether oxygens (including phenoxy) is 2. The molecular weight excluding hydrogens is 648 g/mol. The third kappa shape index (κ3) is 6.92. The van der Waals surface area contributed by atoms with Gasteiger partial charge in [0.25, 0.3) is 5.56 Å². The Hall–Kier alpha value is -4.31. The van der Waals surface area contributed by atoms with Crippen molar-refractivity contribution in [3.8, 4) is 11.8 Å². The van der Waals surface area contributed by atoms with Gasteiger partial charge >= 0.3 is 5.69 Å². The number of hydrogen-bond acceptors (Lipinski definition) is 6. The standard InChI is InChI=1S/C32H27Cl2F3N4O5/c33-26-5-1-20(10-27(26)34)17-45-29-6-2-19(9-21(29)15-38)16-40-31(43)25-4-3-22(37)11-28(25)41(32(40)44)23-7-8-39(18-42)30(12-23)46-24(13-35)14-36/h1-6,9-11,18,23-24,30H,7-8,12-14,16-17H2. The highest BCUT2D eigenvalue weighted by Crippen LogP contribution is 2.30. The molecular formula is C32H27Cl2F3N4O5. The summed E-state index contributed by atoms with van der Waals surface area (Å²) in [5.74, 6) is -0.412. The van der Waals surface area contributed by atoms with Crippen LogP contribution >= 0.6 is 23.2 Å². The molecule has 1 fully saturated rings. The summed E-state index contributed by atoms with van der Waals surface area (Å²) >= 11 is 12.0. The van der Waals surface area contributed by atoms with Gasteiger partial charge in [0.1, 0.15) is 49.9 Å². The number of fused-ring (bicyclic) bond motifs is 1. The number of carbonyl (C=O) groups excluding carboxylic acids is 1. The molecule has 2 unspecified atom stereocenters. The van der Waals surface area contributed by atoms with Crippen molar-refractivity contribution < 1.29 is 27.4 Å². The third-order valence-corrected chi connectivity index (χ3v) is 8.51. The summed E-state index contributed by atoms with van der Waals surface area (Å²) in [5, 5.41) is 10.6. The molecule has 4 aromatic rings. The highest BCUT2D eigenvalue weighted by molar-refractivity contribution is 6.42. The van der Waals surface area contributed by atoms with E-state index in [1.807, 2.05) is 0 Å². The molecule has 3 aromatic carbocycles. The summed E-state index contributed by atoms with van der Waals surface area (Å²) in [5.41, 5.74) is -0.0914. The molecule has 14 heteroatoms. The van der Waals surface area contributed by atoms with Crippen LogP contribution in [0.15, 0.2) is 64.2 Å². The second kappa shape index (κ2) is 14.4. The number of piperidine rings is 1. The Bertz CT molecular complexity index is 1930. The first kappa shape index (κ1) is 33.1. The number of carbonyl (C=O) groups is 1. The molecule has 0 bridgehead atoms. The van der Waals surface area contributed by atoms with Gasteiger partial charge in [-0.15, -0.1) is 0 Å². The molecule has 0 saturated carbocycles. The van der Waals surface area contributed by atoms with Crippen LogP contribution in [0.25, 0.3) is 10.9 Å². The number of nitrogens with zero attached hydrogens (tertiary/aromatic N) is 4. The van der Waals surface area contributed by atoms with Crippen molar-refractivity contribution >= 4 is 40.5 Å². The van der Waals surface area contributed by atoms with Crippen molar-refractivity contribution in [2.45, 2.75) is 44.4 Å². The van der Waals surface area contributed by atoms with Crippen molar-refractivity contribution in [3.05, 3.63) is 108 Å². The molecule has 1 aromatic heterocycles. The molecule has 0 radical (unpaired) electrons. The van der Waals surface area contributed by atoms with Crippen LogP contribution in [-0.2, 0) is 22.7 Å². The summed E-state index contributed by atoms with van der Waals surface area (Å²) in [4.78, 5) is 40.5. The number of halogens is 5. The maximum atomic E-state index is 14.4. The van der Waals surface area contributed by atoms with Gasteiger partial charge in [0.15, 0.2) is 0 Å². The number of benzene rings is 3. The van der Waals surface area contributed by atoms with Gasteiger partial charge in [-0.2, -0.15) is 5.26 Å². The van der Waals surface area contributed by atoms with E-state index in [-0.39, 0.29) is 54.8 Å². The molecule has 1 saturated heterocycles. The lowest BCUT2D eigenvalue weighted by Gasteiger charge is -2.39. The molecule has 240 valence electrons. The quantitative estimate of drug-likeness (QED) is 0.193. The Balaban J connectivity index is 1.49. The molecule has 5 rings (SSSR count). The predicted molar refractivity (Wildman–Crippen MR) is 165 cm³/mol. The normalized spacial score (nSPS) is 16.5. The molecule has 1 amide bonds. The Morgan fingerprint density at radius 3 is 2.48 bits per heavy atom. The number of amides is 1. The second-order valence-corrected chi connectivity index (χ2v) is 11.5. The maximum absolute atomic E-state index is 14.4. The van der Waals surface area contributed by atoms with Crippen LogP contribution in [0.1, 0.15) is 35.6 Å². The van der Waals surface area contributed by atoms with Crippen molar-refractivity contribution in [1.29, 1.82) is 5.26 Å². The van der Waals surface area contributed by atoms with Crippen LogP contribution < -0.4 is 16.0 Å². The van der Waals surface area contributed by atoms with E-state index < -0.39 is 48.8 Å². The Morgan fingerprint density at radius 1 is 1.02 bits per heavy atom. The second-order valence-electron chi connectivity index (χ2n) is 10.7. The fourth-order valence-electron chi connectivity index (χ4n) is 5.46. The summed E-state index contributed by atoms with van der Waals surface area (Å²) in [6, 6.07) is 14.5. The third-order valence-electron chi connectivity index (χ3n) is 7.77. The van der Waals surface area contributed by atoms with Crippen LogP contribution in [0.4, 0.5) is 13.2 Å². The Labute approximate surface area is 270 Å². The van der Waals surface area contributed by atoms with Crippen LogP contribution in [0.5, 0.6) is 5.75 Å². The van der Waals surface area contributed by atoms with E-state index in [1.54, 1.807) is 30.3 Å². The summed E-state index contributed by atoms with van der Waals surface area (Å²) < 4.78 is 54.5. The molecule has 1 aliphatic rings. The van der Waals surface area contributed by atoms with Gasteiger partial charge in [-0.3, -0.25) is 18.7 Å². The first-order chi connectivity index (χ1) is 22.2. The molecule has 9 nitrogen and oxygen atoms in total. The molecule has 0 aliphatic carbocycles. The first-order valence-corrected chi connectivity index (χ1v) is 15.0. The summed E-state index contributed by atoms with van der Waals surface area (Å²) in [7, 11) is 0. The Morgan fingerprint density at radius 2 is 1.78 bits per heavy atom. The van der Waals surface area contributed by atoms with Crippen LogP contribution in [0, 0.1) is 17.1 Å². The fraction of sp³-hybridized carbons (Fsp3) is 0.312. The minimum absolute atomic E-state index is 0.0332. The van der Waals surface area contributed by atoms with E-state index in [1.165, 1.54) is 21.6 Å². The van der Waals surface area contributed by atoms with Crippen LogP contribution in [0.2, 0.25) is 10.0 Å². The van der Waals surface area contributed by atoms with Crippen LogP contribution in [0.3, 0.4) is 0 Å². The number of rotatable bonds is 11. The first-order valence-electron chi connectivity index (χ1n) is 14.2. The summed E-state index contributed by atoms with van der Waals surface area (Å²) in [6.07, 6.45) is -1.78. The number of nitriles is 1. The number of aromatic nitrogens is 2. The van der Waals surface area contributed by atoms with Gasteiger partial charge in [0, 0.05) is 19.0 Å². The Kier molecular flexibility index (Phi) is 10.4. The monoisotopic (exact) mass is 674 g/mol. The number of alkyl halides is 2. The highest BCUT2D eigenvalue weighted by atomic mass is 35.5. The van der Waals surface area contributed by atoms with Gasteiger partial charge in [0.2, 0.25) is 6.41 Å². The predicted octanol–water partition coefficient (Wildman–Crippen LogP) is 5.55. The van der Waals surface area contributed by atoms with Crippen molar-refractivity contribution in [3.63, 3.8) is 0 Å². The smallest absolute Gasteiger partial charge is 0.332 e. The van der Waals surface area contributed by atoms with Gasteiger partial charge in [-0.1, -0.05) is 35.3 Å². The average molecular weight is 675 g/mol. The van der Waals surface area contributed by atoms with E-state index in [9.17, 15) is 32.8 Å². The zero-order chi connectivity index (χ0) is 33.0. The number of likely N-dealkylation sites (tertiary alicyclic amines) is 1. The van der Waals surface area contributed by atoms with E-state index in [0.29, 0.717) is 22.0 Å². The molecule has 2 heterocycles. The zero-order valence-corrected chi connectivity index (χ0v) is 25.7. The van der Waals surface area contributed by atoms with E-state index in [2.05, 4.69) is 6.07 Å². The lowest BCUT2D eigenvalue weighted by Crippen LogP contribution is -2.49. The molecule has 0 N–H and O–H groups in total. The van der Waals surface area contributed by atoms with Crippen molar-refractivity contribution in [1.82, 2.24) is 14.0 Å². The molecule has 46 heavy (non-hydrogen) atoms. The van der Waals surface area contributed by atoms with E-state index >= 15 is 0 Å². The minimum Gasteiger partial charge on any atom is -0.488 e. The average Bonchev–Trinajstić information content (AvgIpc) is 3.06. The largest absolute Gasteiger partial charge is 0.488 e. The van der Waals surface area contributed by atoms with E-state index in [0.717, 1.165) is 22.3 Å². The molecule has 0 spiro atoms. The fourth-order valence-corrected chi connectivity index (χ4v) is 5.78.